The molecule has 3 rings (SSSR count). The average Bonchev–Trinajstić information content (AvgIpc) is 2.75. The molecule has 1 aliphatic rings. The standard InChI is InChI=1S/C23H27NO6/c1-17-12-24(13-18(2)30-17)22(25)15-29-23(26)16-28-21-10-8-20(9-11-21)27-14-19-6-4-3-5-7-19/h3-11,17-18H,12-16H2,1-2H3/t17-,18-/m0/s1. The van der Waals surface area contributed by atoms with Crippen LogP contribution < -0.4 is 9.47 Å². The second-order valence-electron chi connectivity index (χ2n) is 7.25. The Balaban J connectivity index is 1.36. The van der Waals surface area contributed by atoms with E-state index in [0.29, 0.717) is 31.2 Å². The van der Waals surface area contributed by atoms with Crippen LogP contribution in [0.1, 0.15) is 19.4 Å². The highest BCUT2D eigenvalue weighted by atomic mass is 16.6. The monoisotopic (exact) mass is 413 g/mol. The van der Waals surface area contributed by atoms with E-state index in [4.69, 9.17) is 18.9 Å². The molecule has 30 heavy (non-hydrogen) atoms. The molecule has 0 N–H and O–H groups in total. The molecule has 0 bridgehead atoms. The zero-order valence-electron chi connectivity index (χ0n) is 17.3. The number of esters is 1. The lowest BCUT2D eigenvalue weighted by Gasteiger charge is -2.35. The zero-order valence-corrected chi connectivity index (χ0v) is 17.3. The molecule has 0 radical (unpaired) electrons. The van der Waals surface area contributed by atoms with Crippen molar-refractivity contribution in [1.82, 2.24) is 4.90 Å². The summed E-state index contributed by atoms with van der Waals surface area (Å²) < 4.78 is 21.8. The number of ether oxygens (including phenoxy) is 4. The number of amides is 1. The van der Waals surface area contributed by atoms with Gasteiger partial charge in [0.25, 0.3) is 5.91 Å². The molecule has 2 aromatic carbocycles. The number of benzene rings is 2. The quantitative estimate of drug-likeness (QED) is 0.620. The van der Waals surface area contributed by atoms with Crippen molar-refractivity contribution < 1.29 is 28.5 Å². The van der Waals surface area contributed by atoms with Gasteiger partial charge in [-0.25, -0.2) is 4.79 Å². The number of carbonyl (C=O) groups excluding carboxylic acids is 2. The van der Waals surface area contributed by atoms with Crippen molar-refractivity contribution >= 4 is 11.9 Å². The lowest BCUT2D eigenvalue weighted by atomic mass is 10.2. The third-order valence-corrected chi connectivity index (χ3v) is 4.56. The van der Waals surface area contributed by atoms with Gasteiger partial charge in [0.15, 0.2) is 13.2 Å². The highest BCUT2D eigenvalue weighted by molar-refractivity contribution is 5.81. The molecule has 1 aliphatic heterocycles. The van der Waals surface area contributed by atoms with Gasteiger partial charge < -0.3 is 23.8 Å². The van der Waals surface area contributed by atoms with E-state index in [1.165, 1.54) is 0 Å². The molecule has 1 fully saturated rings. The Bertz CT molecular complexity index is 813. The van der Waals surface area contributed by atoms with Gasteiger partial charge in [0.2, 0.25) is 0 Å². The zero-order chi connectivity index (χ0) is 21.3. The van der Waals surface area contributed by atoms with Gasteiger partial charge >= 0.3 is 5.97 Å². The number of hydrogen-bond donors (Lipinski definition) is 0. The topological polar surface area (TPSA) is 74.3 Å². The van der Waals surface area contributed by atoms with Gasteiger partial charge in [0, 0.05) is 13.1 Å². The van der Waals surface area contributed by atoms with Crippen LogP contribution in [-0.4, -0.2) is 55.3 Å². The van der Waals surface area contributed by atoms with Crippen molar-refractivity contribution in [1.29, 1.82) is 0 Å². The van der Waals surface area contributed by atoms with E-state index in [2.05, 4.69) is 0 Å². The van der Waals surface area contributed by atoms with E-state index < -0.39 is 5.97 Å². The molecule has 1 amide bonds. The predicted molar refractivity (Wildman–Crippen MR) is 110 cm³/mol. The van der Waals surface area contributed by atoms with Crippen LogP contribution in [0.5, 0.6) is 11.5 Å². The van der Waals surface area contributed by atoms with Crippen LogP contribution in [0.15, 0.2) is 54.6 Å². The highest BCUT2D eigenvalue weighted by Gasteiger charge is 2.26. The molecule has 0 saturated carbocycles. The second-order valence-corrected chi connectivity index (χ2v) is 7.25. The van der Waals surface area contributed by atoms with E-state index in [1.54, 1.807) is 29.2 Å². The summed E-state index contributed by atoms with van der Waals surface area (Å²) in [6.07, 6.45) is -0.0623. The van der Waals surface area contributed by atoms with Gasteiger partial charge in [0.1, 0.15) is 18.1 Å². The Morgan fingerprint density at radius 2 is 1.50 bits per heavy atom. The van der Waals surface area contributed by atoms with Crippen LogP contribution in [0.4, 0.5) is 0 Å². The van der Waals surface area contributed by atoms with Gasteiger partial charge in [-0.3, -0.25) is 4.79 Å². The van der Waals surface area contributed by atoms with Crippen LogP contribution in [0.2, 0.25) is 0 Å². The minimum atomic E-state index is -0.595. The molecule has 0 spiro atoms. The molecule has 2 atom stereocenters. The van der Waals surface area contributed by atoms with Crippen molar-refractivity contribution in [3.8, 4) is 11.5 Å². The van der Waals surface area contributed by atoms with Gasteiger partial charge in [-0.05, 0) is 43.7 Å². The Labute approximate surface area is 176 Å². The maximum atomic E-state index is 12.2. The molecule has 160 valence electrons. The van der Waals surface area contributed by atoms with Crippen molar-refractivity contribution in [2.45, 2.75) is 32.7 Å². The van der Waals surface area contributed by atoms with E-state index in [-0.39, 0.29) is 31.3 Å². The van der Waals surface area contributed by atoms with Gasteiger partial charge in [-0.15, -0.1) is 0 Å². The lowest BCUT2D eigenvalue weighted by Crippen LogP contribution is -2.49. The Kier molecular flexibility index (Phi) is 7.68. The second kappa shape index (κ2) is 10.6. The molecule has 7 heteroatoms. The molecule has 0 aromatic heterocycles. The number of nitrogens with zero attached hydrogens (tertiary/aromatic N) is 1. The Morgan fingerprint density at radius 1 is 0.900 bits per heavy atom. The maximum absolute atomic E-state index is 12.2. The van der Waals surface area contributed by atoms with E-state index >= 15 is 0 Å². The smallest absolute Gasteiger partial charge is 0.344 e. The summed E-state index contributed by atoms with van der Waals surface area (Å²) in [4.78, 5) is 25.8. The van der Waals surface area contributed by atoms with Crippen LogP contribution in [0, 0.1) is 0 Å². The number of rotatable bonds is 8. The van der Waals surface area contributed by atoms with Gasteiger partial charge in [0.05, 0.1) is 12.2 Å². The summed E-state index contributed by atoms with van der Waals surface area (Å²) in [5.74, 6) is 0.391. The molecule has 0 aliphatic carbocycles. The minimum absolute atomic E-state index is 0.0311. The fraction of sp³-hybridized carbons (Fsp3) is 0.391. The molecular weight excluding hydrogens is 386 g/mol. The van der Waals surface area contributed by atoms with Crippen LogP contribution in [0.25, 0.3) is 0 Å². The third-order valence-electron chi connectivity index (χ3n) is 4.56. The number of carbonyl (C=O) groups is 2. The van der Waals surface area contributed by atoms with E-state index in [1.807, 2.05) is 44.2 Å². The number of hydrogen-bond acceptors (Lipinski definition) is 6. The molecule has 2 aromatic rings. The largest absolute Gasteiger partial charge is 0.489 e. The summed E-state index contributed by atoms with van der Waals surface area (Å²) in [5.41, 5.74) is 1.08. The first-order valence-electron chi connectivity index (χ1n) is 9.98. The molecular formula is C23H27NO6. The minimum Gasteiger partial charge on any atom is -0.489 e. The predicted octanol–water partition coefficient (Wildman–Crippen LogP) is 2.82. The normalized spacial score (nSPS) is 18.5. The van der Waals surface area contributed by atoms with Crippen LogP contribution >= 0.6 is 0 Å². The molecule has 1 saturated heterocycles. The summed E-state index contributed by atoms with van der Waals surface area (Å²) in [5, 5.41) is 0. The molecule has 1 heterocycles. The Hall–Kier alpha value is -3.06. The Morgan fingerprint density at radius 3 is 2.13 bits per heavy atom. The van der Waals surface area contributed by atoms with Crippen LogP contribution in [0.3, 0.4) is 0 Å². The fourth-order valence-electron chi connectivity index (χ4n) is 3.17. The van der Waals surface area contributed by atoms with Crippen molar-refractivity contribution in [3.63, 3.8) is 0 Å². The first-order chi connectivity index (χ1) is 14.5. The molecule has 7 nitrogen and oxygen atoms in total. The van der Waals surface area contributed by atoms with E-state index in [9.17, 15) is 9.59 Å². The summed E-state index contributed by atoms with van der Waals surface area (Å²) in [7, 11) is 0. The number of morpholine rings is 1. The maximum Gasteiger partial charge on any atom is 0.344 e. The third kappa shape index (κ3) is 6.77. The van der Waals surface area contributed by atoms with Crippen molar-refractivity contribution in [3.05, 3.63) is 60.2 Å². The van der Waals surface area contributed by atoms with Crippen LogP contribution in [-0.2, 0) is 25.7 Å². The van der Waals surface area contributed by atoms with Gasteiger partial charge in [-0.2, -0.15) is 0 Å². The molecule has 0 unspecified atom stereocenters. The first-order valence-corrected chi connectivity index (χ1v) is 9.98. The first kappa shape index (κ1) is 21.6. The fourth-order valence-corrected chi connectivity index (χ4v) is 3.17. The van der Waals surface area contributed by atoms with Gasteiger partial charge in [-0.1, -0.05) is 30.3 Å². The summed E-state index contributed by atoms with van der Waals surface area (Å²) >= 11 is 0. The van der Waals surface area contributed by atoms with E-state index in [0.717, 1.165) is 5.56 Å². The SMILES string of the molecule is C[C@H]1CN(C(=O)COC(=O)COc2ccc(OCc3ccccc3)cc2)C[C@H](C)O1. The summed E-state index contributed by atoms with van der Waals surface area (Å²) in [6.45, 7) is 4.72. The van der Waals surface area contributed by atoms with Crippen molar-refractivity contribution in [2.75, 3.05) is 26.3 Å². The lowest BCUT2D eigenvalue weighted by molar-refractivity contribution is -0.158. The average molecular weight is 413 g/mol. The van der Waals surface area contributed by atoms with Crippen molar-refractivity contribution in [2.24, 2.45) is 0 Å². The highest BCUT2D eigenvalue weighted by Crippen LogP contribution is 2.19. The summed E-state index contributed by atoms with van der Waals surface area (Å²) in [6, 6.07) is 16.9.